The minimum Gasteiger partial charge on any atom is -0.369 e. The Balaban J connectivity index is 1.48. The van der Waals surface area contributed by atoms with Crippen LogP contribution in [0.25, 0.3) is 0 Å². The first-order valence-corrected chi connectivity index (χ1v) is 7.94. The summed E-state index contributed by atoms with van der Waals surface area (Å²) in [6.07, 6.45) is 3.63. The summed E-state index contributed by atoms with van der Waals surface area (Å²) in [6.45, 7) is 6.11. The Morgan fingerprint density at radius 1 is 1.13 bits per heavy atom. The molecule has 0 radical (unpaired) electrons. The molecule has 1 aromatic heterocycles. The number of carbonyl (C=O) groups is 1. The Kier molecular flexibility index (Phi) is 4.88. The van der Waals surface area contributed by atoms with E-state index in [9.17, 15) is 4.79 Å². The molecule has 5 heteroatoms. The van der Waals surface area contributed by atoms with E-state index in [1.807, 2.05) is 55.7 Å². The molecule has 1 amide bonds. The van der Waals surface area contributed by atoms with Gasteiger partial charge in [0.25, 0.3) is 0 Å². The van der Waals surface area contributed by atoms with Gasteiger partial charge in [-0.05, 0) is 36.8 Å². The second-order valence-corrected chi connectivity index (χ2v) is 5.89. The Hall–Kier alpha value is -2.40. The Bertz CT molecular complexity index is 651. The summed E-state index contributed by atoms with van der Waals surface area (Å²) < 4.78 is 0. The summed E-state index contributed by atoms with van der Waals surface area (Å²) in [5, 5.41) is 2.97. The second kappa shape index (κ2) is 7.24. The Labute approximate surface area is 136 Å². The van der Waals surface area contributed by atoms with Crippen molar-refractivity contribution in [3.8, 4) is 0 Å². The van der Waals surface area contributed by atoms with E-state index in [1.54, 1.807) is 0 Å². The topological polar surface area (TPSA) is 48.5 Å². The molecule has 2 heterocycles. The molecule has 5 nitrogen and oxygen atoms in total. The van der Waals surface area contributed by atoms with Crippen LogP contribution in [0.4, 0.5) is 11.4 Å². The highest BCUT2D eigenvalue weighted by Crippen LogP contribution is 2.15. The SMILES string of the molecule is Cc1cccc(NC(=O)CN2CCN(c3ccncc3)CC2)c1. The molecule has 120 valence electrons. The predicted molar refractivity (Wildman–Crippen MR) is 92.7 cm³/mol. The van der Waals surface area contributed by atoms with Crippen LogP contribution >= 0.6 is 0 Å². The average molecular weight is 310 g/mol. The molecule has 1 aliphatic rings. The molecule has 1 aliphatic heterocycles. The van der Waals surface area contributed by atoms with Crippen molar-refractivity contribution in [3.05, 3.63) is 54.4 Å². The molecule has 2 aromatic rings. The highest BCUT2D eigenvalue weighted by Gasteiger charge is 2.19. The summed E-state index contributed by atoms with van der Waals surface area (Å²) in [6, 6.07) is 11.9. The van der Waals surface area contributed by atoms with Crippen LogP contribution in [0.15, 0.2) is 48.8 Å². The molecule has 1 saturated heterocycles. The van der Waals surface area contributed by atoms with Gasteiger partial charge in [-0.3, -0.25) is 14.7 Å². The molecular formula is C18H22N4O. The van der Waals surface area contributed by atoms with E-state index in [1.165, 1.54) is 5.69 Å². The van der Waals surface area contributed by atoms with Crippen LogP contribution in [-0.4, -0.2) is 48.5 Å². The van der Waals surface area contributed by atoms with Gasteiger partial charge < -0.3 is 10.2 Å². The number of nitrogens with one attached hydrogen (secondary N) is 1. The van der Waals surface area contributed by atoms with Crippen LogP contribution in [0.5, 0.6) is 0 Å². The summed E-state index contributed by atoms with van der Waals surface area (Å²) in [4.78, 5) is 20.7. The lowest BCUT2D eigenvalue weighted by molar-refractivity contribution is -0.117. The minimum atomic E-state index is 0.0490. The van der Waals surface area contributed by atoms with E-state index in [2.05, 4.69) is 20.1 Å². The number of piperazine rings is 1. The van der Waals surface area contributed by atoms with Crippen molar-refractivity contribution in [2.24, 2.45) is 0 Å². The van der Waals surface area contributed by atoms with Gasteiger partial charge in [0.15, 0.2) is 0 Å². The number of pyridine rings is 1. The van der Waals surface area contributed by atoms with Crippen LogP contribution in [0.3, 0.4) is 0 Å². The summed E-state index contributed by atoms with van der Waals surface area (Å²) in [7, 11) is 0. The normalized spacial score (nSPS) is 15.4. The number of aromatic nitrogens is 1. The van der Waals surface area contributed by atoms with E-state index >= 15 is 0 Å². The van der Waals surface area contributed by atoms with Crippen molar-refractivity contribution >= 4 is 17.3 Å². The lowest BCUT2D eigenvalue weighted by atomic mass is 10.2. The largest absolute Gasteiger partial charge is 0.369 e. The van der Waals surface area contributed by atoms with E-state index < -0.39 is 0 Å². The first kappa shape index (κ1) is 15.5. The van der Waals surface area contributed by atoms with Gasteiger partial charge in [-0.2, -0.15) is 0 Å². The van der Waals surface area contributed by atoms with Crippen LogP contribution < -0.4 is 10.2 Å². The van der Waals surface area contributed by atoms with Crippen molar-refractivity contribution in [1.29, 1.82) is 0 Å². The van der Waals surface area contributed by atoms with E-state index in [0.717, 1.165) is 37.4 Å². The lowest BCUT2D eigenvalue weighted by Gasteiger charge is -2.35. The molecule has 1 aromatic carbocycles. The molecule has 23 heavy (non-hydrogen) atoms. The van der Waals surface area contributed by atoms with Crippen LogP contribution in [0.2, 0.25) is 0 Å². The van der Waals surface area contributed by atoms with Gasteiger partial charge in [-0.25, -0.2) is 0 Å². The van der Waals surface area contributed by atoms with Gasteiger partial charge in [-0.15, -0.1) is 0 Å². The zero-order valence-electron chi connectivity index (χ0n) is 13.4. The number of hydrogen-bond donors (Lipinski definition) is 1. The Morgan fingerprint density at radius 2 is 1.87 bits per heavy atom. The van der Waals surface area contributed by atoms with Crippen LogP contribution in [0.1, 0.15) is 5.56 Å². The fourth-order valence-electron chi connectivity index (χ4n) is 2.85. The first-order chi connectivity index (χ1) is 11.2. The fourth-order valence-corrected chi connectivity index (χ4v) is 2.85. The number of aryl methyl sites for hydroxylation is 1. The van der Waals surface area contributed by atoms with Gasteiger partial charge in [-0.1, -0.05) is 12.1 Å². The third-order valence-electron chi connectivity index (χ3n) is 4.07. The average Bonchev–Trinajstić information content (AvgIpc) is 2.56. The maximum atomic E-state index is 12.2. The van der Waals surface area contributed by atoms with Gasteiger partial charge >= 0.3 is 0 Å². The van der Waals surface area contributed by atoms with E-state index in [-0.39, 0.29) is 5.91 Å². The first-order valence-electron chi connectivity index (χ1n) is 7.94. The lowest BCUT2D eigenvalue weighted by Crippen LogP contribution is -2.48. The molecule has 1 fully saturated rings. The quantitative estimate of drug-likeness (QED) is 0.940. The van der Waals surface area contributed by atoms with E-state index in [4.69, 9.17) is 0 Å². The molecule has 0 unspecified atom stereocenters. The predicted octanol–water partition coefficient (Wildman–Crippen LogP) is 2.15. The smallest absolute Gasteiger partial charge is 0.238 e. The number of benzene rings is 1. The monoisotopic (exact) mass is 310 g/mol. The highest BCUT2D eigenvalue weighted by molar-refractivity contribution is 5.92. The van der Waals surface area contributed by atoms with Crippen molar-refractivity contribution in [2.45, 2.75) is 6.92 Å². The third-order valence-corrected chi connectivity index (χ3v) is 4.07. The maximum absolute atomic E-state index is 12.2. The Morgan fingerprint density at radius 3 is 2.57 bits per heavy atom. The van der Waals surface area contributed by atoms with Gasteiger partial charge in [0.2, 0.25) is 5.91 Å². The van der Waals surface area contributed by atoms with Gasteiger partial charge in [0.05, 0.1) is 6.54 Å². The number of rotatable bonds is 4. The molecule has 0 saturated carbocycles. The zero-order valence-corrected chi connectivity index (χ0v) is 13.4. The minimum absolute atomic E-state index is 0.0490. The molecule has 0 spiro atoms. The third kappa shape index (κ3) is 4.29. The number of amides is 1. The molecule has 3 rings (SSSR count). The van der Waals surface area contributed by atoms with Crippen LogP contribution in [0, 0.1) is 6.92 Å². The van der Waals surface area contributed by atoms with Crippen LogP contribution in [-0.2, 0) is 4.79 Å². The van der Waals surface area contributed by atoms with Crippen molar-refractivity contribution < 1.29 is 4.79 Å². The number of carbonyl (C=O) groups excluding carboxylic acids is 1. The molecule has 0 atom stereocenters. The van der Waals surface area contributed by atoms with Crippen molar-refractivity contribution in [2.75, 3.05) is 42.9 Å². The zero-order chi connectivity index (χ0) is 16.1. The number of anilines is 2. The van der Waals surface area contributed by atoms with Crippen molar-refractivity contribution in [3.63, 3.8) is 0 Å². The molecule has 0 aliphatic carbocycles. The fraction of sp³-hybridized carbons (Fsp3) is 0.333. The number of hydrogen-bond acceptors (Lipinski definition) is 4. The summed E-state index contributed by atoms with van der Waals surface area (Å²) in [5.74, 6) is 0.0490. The summed E-state index contributed by atoms with van der Waals surface area (Å²) >= 11 is 0. The highest BCUT2D eigenvalue weighted by atomic mass is 16.2. The van der Waals surface area contributed by atoms with E-state index in [0.29, 0.717) is 6.54 Å². The number of nitrogens with zero attached hydrogens (tertiary/aromatic N) is 3. The molecular weight excluding hydrogens is 288 g/mol. The van der Waals surface area contributed by atoms with Crippen molar-refractivity contribution in [1.82, 2.24) is 9.88 Å². The molecule has 0 bridgehead atoms. The molecule has 1 N–H and O–H groups in total. The maximum Gasteiger partial charge on any atom is 0.238 e. The standard InChI is InChI=1S/C18H22N4O/c1-15-3-2-4-16(13-15)20-18(23)14-21-9-11-22(12-10-21)17-5-7-19-8-6-17/h2-8,13H,9-12,14H2,1H3,(H,20,23). The second-order valence-electron chi connectivity index (χ2n) is 5.89. The van der Waals surface area contributed by atoms with Gasteiger partial charge in [0, 0.05) is 49.9 Å². The summed E-state index contributed by atoms with van der Waals surface area (Å²) in [5.41, 5.74) is 3.21. The van der Waals surface area contributed by atoms with Gasteiger partial charge in [0.1, 0.15) is 0 Å².